The summed E-state index contributed by atoms with van der Waals surface area (Å²) in [6.07, 6.45) is 0. The molecule has 0 aliphatic carbocycles. The molecule has 10 nitrogen and oxygen atoms in total. The predicted octanol–water partition coefficient (Wildman–Crippen LogP) is 1.39. The smallest absolute Gasteiger partial charge is 0.340 e. The number of ether oxygens (including phenoxy) is 3. The summed E-state index contributed by atoms with van der Waals surface area (Å²) in [6.45, 7) is 4.98. The Morgan fingerprint density at radius 3 is 2.55 bits per heavy atom. The van der Waals surface area contributed by atoms with Gasteiger partial charge in [-0.05, 0) is 31.0 Å². The minimum absolute atomic E-state index is 0.00367. The van der Waals surface area contributed by atoms with E-state index in [0.717, 1.165) is 0 Å². The summed E-state index contributed by atoms with van der Waals surface area (Å²) in [5.41, 5.74) is 1.96. The third kappa shape index (κ3) is 5.61. The number of carbonyl (C=O) groups is 2. The standard InChI is InChI=1S/C22H29N3O7S/c1-15-19(22(27)32-13-12-30-3)16(2)24-20(15)21(26)23-14-17-6-4-5-7-18(17)33(28,29)25-8-10-31-11-9-25/h4-7,24H,8-14H2,1-3H3,(H,23,26). The van der Waals surface area contributed by atoms with Crippen LogP contribution in [-0.4, -0.2) is 76.2 Å². The van der Waals surface area contributed by atoms with Crippen LogP contribution in [0.1, 0.15) is 37.7 Å². The Morgan fingerprint density at radius 1 is 1.15 bits per heavy atom. The second kappa shape index (κ2) is 10.9. The average molecular weight is 480 g/mol. The maximum atomic E-state index is 13.1. The van der Waals surface area contributed by atoms with Crippen LogP contribution in [0.2, 0.25) is 0 Å². The monoisotopic (exact) mass is 479 g/mol. The van der Waals surface area contributed by atoms with Gasteiger partial charge in [-0.25, -0.2) is 13.2 Å². The first-order valence-corrected chi connectivity index (χ1v) is 12.0. The lowest BCUT2D eigenvalue weighted by atomic mass is 10.1. The van der Waals surface area contributed by atoms with Gasteiger partial charge in [0.05, 0.1) is 30.3 Å². The van der Waals surface area contributed by atoms with Gasteiger partial charge < -0.3 is 24.5 Å². The molecule has 2 aromatic rings. The highest BCUT2D eigenvalue weighted by molar-refractivity contribution is 7.89. The normalized spacial score (nSPS) is 14.8. The Balaban J connectivity index is 1.75. The molecule has 0 unspecified atom stereocenters. The van der Waals surface area contributed by atoms with E-state index in [2.05, 4.69) is 10.3 Å². The number of sulfonamides is 1. The summed E-state index contributed by atoms with van der Waals surface area (Å²) in [5, 5.41) is 2.75. The molecule has 0 spiro atoms. The summed E-state index contributed by atoms with van der Waals surface area (Å²) in [6, 6.07) is 6.57. The summed E-state index contributed by atoms with van der Waals surface area (Å²) in [4.78, 5) is 28.3. The first-order chi connectivity index (χ1) is 15.8. The van der Waals surface area contributed by atoms with Crippen molar-refractivity contribution in [2.45, 2.75) is 25.3 Å². The molecule has 1 fully saturated rings. The maximum absolute atomic E-state index is 13.1. The quantitative estimate of drug-likeness (QED) is 0.411. The summed E-state index contributed by atoms with van der Waals surface area (Å²) >= 11 is 0. The summed E-state index contributed by atoms with van der Waals surface area (Å²) in [7, 11) is -2.21. The van der Waals surface area contributed by atoms with Gasteiger partial charge in [-0.3, -0.25) is 4.79 Å². The highest BCUT2D eigenvalue weighted by atomic mass is 32.2. The fourth-order valence-electron chi connectivity index (χ4n) is 3.66. The number of aromatic amines is 1. The summed E-state index contributed by atoms with van der Waals surface area (Å²) < 4.78 is 42.9. The third-order valence-corrected chi connectivity index (χ3v) is 7.39. The Bertz CT molecular complexity index is 1110. The minimum atomic E-state index is -3.72. The average Bonchev–Trinajstić information content (AvgIpc) is 3.12. The molecule has 11 heteroatoms. The van der Waals surface area contributed by atoms with E-state index < -0.39 is 21.9 Å². The number of aromatic nitrogens is 1. The highest BCUT2D eigenvalue weighted by Gasteiger charge is 2.29. The number of rotatable bonds is 9. The maximum Gasteiger partial charge on any atom is 0.340 e. The number of benzene rings is 1. The van der Waals surface area contributed by atoms with E-state index in [1.54, 1.807) is 32.0 Å². The van der Waals surface area contributed by atoms with Gasteiger partial charge in [0, 0.05) is 32.4 Å². The van der Waals surface area contributed by atoms with E-state index in [4.69, 9.17) is 14.2 Å². The van der Waals surface area contributed by atoms with Crippen LogP contribution in [0.3, 0.4) is 0 Å². The van der Waals surface area contributed by atoms with Crippen LogP contribution in [0.25, 0.3) is 0 Å². The number of carbonyl (C=O) groups excluding carboxylic acids is 2. The van der Waals surface area contributed by atoms with Crippen LogP contribution in [-0.2, 0) is 30.8 Å². The lowest BCUT2D eigenvalue weighted by Gasteiger charge is -2.27. The predicted molar refractivity (Wildman–Crippen MR) is 120 cm³/mol. The molecule has 1 amide bonds. The Labute approximate surface area is 193 Å². The first kappa shape index (κ1) is 24.9. The first-order valence-electron chi connectivity index (χ1n) is 10.6. The van der Waals surface area contributed by atoms with Crippen molar-refractivity contribution in [3.63, 3.8) is 0 Å². The molecule has 2 heterocycles. The largest absolute Gasteiger partial charge is 0.460 e. The van der Waals surface area contributed by atoms with Crippen LogP contribution < -0.4 is 5.32 Å². The zero-order chi connectivity index (χ0) is 24.0. The molecule has 1 aromatic carbocycles. The van der Waals surface area contributed by atoms with Crippen molar-refractivity contribution in [1.29, 1.82) is 0 Å². The number of methoxy groups -OCH3 is 1. The number of morpholine rings is 1. The van der Waals surface area contributed by atoms with Crippen LogP contribution in [0, 0.1) is 13.8 Å². The van der Waals surface area contributed by atoms with Gasteiger partial charge >= 0.3 is 5.97 Å². The molecule has 1 saturated heterocycles. The Hall–Kier alpha value is -2.73. The molecule has 180 valence electrons. The molecule has 2 N–H and O–H groups in total. The van der Waals surface area contributed by atoms with Crippen LogP contribution in [0.5, 0.6) is 0 Å². The number of esters is 1. The molecule has 1 aliphatic heterocycles. The molecule has 0 atom stereocenters. The highest BCUT2D eigenvalue weighted by Crippen LogP contribution is 2.22. The van der Waals surface area contributed by atoms with Crippen molar-refractivity contribution >= 4 is 21.9 Å². The zero-order valence-electron chi connectivity index (χ0n) is 19.0. The van der Waals surface area contributed by atoms with Crippen molar-refractivity contribution in [2.24, 2.45) is 0 Å². The second-order valence-corrected chi connectivity index (χ2v) is 9.47. The van der Waals surface area contributed by atoms with Gasteiger partial charge in [-0.1, -0.05) is 18.2 Å². The van der Waals surface area contributed by atoms with Crippen molar-refractivity contribution < 1.29 is 32.2 Å². The van der Waals surface area contributed by atoms with Gasteiger partial charge in [0.15, 0.2) is 0 Å². The number of nitrogens with one attached hydrogen (secondary N) is 2. The number of H-pyrrole nitrogens is 1. The van der Waals surface area contributed by atoms with Crippen molar-refractivity contribution in [1.82, 2.24) is 14.6 Å². The van der Waals surface area contributed by atoms with Crippen LogP contribution in [0.15, 0.2) is 29.2 Å². The Morgan fingerprint density at radius 2 is 1.85 bits per heavy atom. The van der Waals surface area contributed by atoms with Gasteiger partial charge in [0.25, 0.3) is 5.91 Å². The molecular formula is C22H29N3O7S. The minimum Gasteiger partial charge on any atom is -0.460 e. The number of hydrogen-bond acceptors (Lipinski definition) is 7. The second-order valence-electron chi connectivity index (χ2n) is 7.56. The number of hydrogen-bond donors (Lipinski definition) is 2. The van der Waals surface area contributed by atoms with E-state index in [9.17, 15) is 18.0 Å². The lowest BCUT2D eigenvalue weighted by Crippen LogP contribution is -2.41. The van der Waals surface area contributed by atoms with Crippen molar-refractivity contribution in [3.8, 4) is 0 Å². The van der Waals surface area contributed by atoms with Crippen molar-refractivity contribution in [3.05, 3.63) is 52.3 Å². The van der Waals surface area contributed by atoms with Gasteiger partial charge in [-0.2, -0.15) is 4.31 Å². The van der Waals surface area contributed by atoms with E-state index in [-0.39, 0.29) is 43.4 Å². The van der Waals surface area contributed by atoms with Gasteiger partial charge in [0.2, 0.25) is 10.0 Å². The van der Waals surface area contributed by atoms with Gasteiger partial charge in [0.1, 0.15) is 12.3 Å². The van der Waals surface area contributed by atoms with E-state index in [1.807, 2.05) is 0 Å². The summed E-state index contributed by atoms with van der Waals surface area (Å²) in [5.74, 6) is -0.996. The topological polar surface area (TPSA) is 127 Å². The van der Waals surface area contributed by atoms with E-state index in [0.29, 0.717) is 35.6 Å². The molecule has 1 aliphatic rings. The molecule has 0 bridgehead atoms. The number of nitrogens with zero attached hydrogens (tertiary/aromatic N) is 1. The lowest BCUT2D eigenvalue weighted by molar-refractivity contribution is 0.0386. The molecule has 1 aromatic heterocycles. The van der Waals surface area contributed by atoms with Gasteiger partial charge in [-0.15, -0.1) is 0 Å². The fraction of sp³-hybridized carbons (Fsp3) is 0.455. The number of aryl methyl sites for hydroxylation is 1. The molecular weight excluding hydrogens is 450 g/mol. The molecule has 0 radical (unpaired) electrons. The SMILES string of the molecule is COCCOC(=O)c1c(C)[nH]c(C(=O)NCc2ccccc2S(=O)(=O)N2CCOCC2)c1C. The fourth-order valence-corrected chi connectivity index (χ4v) is 5.29. The van der Waals surface area contributed by atoms with E-state index in [1.165, 1.54) is 17.5 Å². The third-order valence-electron chi connectivity index (χ3n) is 5.39. The van der Waals surface area contributed by atoms with Crippen LogP contribution in [0.4, 0.5) is 0 Å². The molecule has 33 heavy (non-hydrogen) atoms. The Kier molecular flexibility index (Phi) is 8.25. The van der Waals surface area contributed by atoms with Crippen molar-refractivity contribution in [2.75, 3.05) is 46.6 Å². The van der Waals surface area contributed by atoms with Crippen LogP contribution >= 0.6 is 0 Å². The molecule has 3 rings (SSSR count). The number of amides is 1. The zero-order valence-corrected chi connectivity index (χ0v) is 19.8. The van der Waals surface area contributed by atoms with E-state index >= 15 is 0 Å². The molecule has 0 saturated carbocycles.